The van der Waals surface area contributed by atoms with E-state index >= 15 is 0 Å². The molecule has 0 atom stereocenters. The number of aromatic nitrogens is 1. The van der Waals surface area contributed by atoms with Crippen molar-refractivity contribution in [3.8, 4) is 0 Å². The Bertz CT molecular complexity index is 337. The zero-order chi connectivity index (χ0) is 11.1. The minimum Gasteiger partial charge on any atom is -0.471 e. The van der Waals surface area contributed by atoms with E-state index in [0.717, 1.165) is 11.3 Å². The van der Waals surface area contributed by atoms with Gasteiger partial charge in [-0.15, -0.1) is 0 Å². The highest BCUT2D eigenvalue weighted by atomic mass is 16.7. The molecule has 15 heavy (non-hydrogen) atoms. The van der Waals surface area contributed by atoms with Gasteiger partial charge >= 0.3 is 0 Å². The highest BCUT2D eigenvalue weighted by Crippen LogP contribution is 2.09. The fraction of sp³-hybridized carbons (Fsp3) is 0.455. The second-order valence-corrected chi connectivity index (χ2v) is 2.71. The van der Waals surface area contributed by atoms with Crippen molar-refractivity contribution in [1.29, 1.82) is 0 Å². The minimum absolute atomic E-state index is 0.517. The van der Waals surface area contributed by atoms with Crippen LogP contribution in [0.1, 0.15) is 25.1 Å². The number of pyridine rings is 1. The van der Waals surface area contributed by atoms with E-state index in [1.807, 2.05) is 32.9 Å². The van der Waals surface area contributed by atoms with E-state index in [1.54, 1.807) is 6.20 Å². The van der Waals surface area contributed by atoms with Gasteiger partial charge in [-0.25, -0.2) is 0 Å². The summed E-state index contributed by atoms with van der Waals surface area (Å²) in [5.41, 5.74) is 1.79. The van der Waals surface area contributed by atoms with Gasteiger partial charge < -0.3 is 9.57 Å². The largest absolute Gasteiger partial charge is 0.471 e. The van der Waals surface area contributed by atoms with Crippen molar-refractivity contribution >= 4 is 5.90 Å². The molecule has 0 saturated heterocycles. The van der Waals surface area contributed by atoms with Crippen LogP contribution in [-0.2, 0) is 9.57 Å². The molecule has 1 aliphatic heterocycles. The first-order chi connectivity index (χ1) is 7.38. The van der Waals surface area contributed by atoms with E-state index in [-0.39, 0.29) is 0 Å². The second-order valence-electron chi connectivity index (χ2n) is 2.71. The van der Waals surface area contributed by atoms with Crippen molar-refractivity contribution in [2.75, 3.05) is 13.2 Å². The number of hydrogen-bond acceptors (Lipinski definition) is 4. The summed E-state index contributed by atoms with van der Waals surface area (Å²) in [6.07, 6.45) is 1.74. The van der Waals surface area contributed by atoms with Crippen molar-refractivity contribution in [2.24, 2.45) is 5.16 Å². The van der Waals surface area contributed by atoms with Gasteiger partial charge in [0.1, 0.15) is 6.61 Å². The number of oxime groups is 1. The quantitative estimate of drug-likeness (QED) is 0.710. The Morgan fingerprint density at radius 2 is 2.07 bits per heavy atom. The molecule has 2 rings (SSSR count). The lowest BCUT2D eigenvalue weighted by Gasteiger charge is -2.14. The van der Waals surface area contributed by atoms with Gasteiger partial charge in [0.25, 0.3) is 5.90 Å². The van der Waals surface area contributed by atoms with Crippen LogP contribution in [0.4, 0.5) is 0 Å². The molecule has 0 aliphatic carbocycles. The lowest BCUT2D eigenvalue weighted by atomic mass is 10.2. The SMILES string of the molecule is CC.Cc1ncccc1C1=NOCCO1. The van der Waals surface area contributed by atoms with E-state index in [1.165, 1.54) is 0 Å². The average molecular weight is 208 g/mol. The smallest absolute Gasteiger partial charge is 0.259 e. The number of hydrogen-bond donors (Lipinski definition) is 0. The molecule has 2 heterocycles. The topological polar surface area (TPSA) is 43.7 Å². The molecule has 0 fully saturated rings. The number of nitrogens with zero attached hydrogens (tertiary/aromatic N) is 2. The third kappa shape index (κ3) is 2.94. The molecule has 0 N–H and O–H groups in total. The highest BCUT2D eigenvalue weighted by Gasteiger charge is 2.12. The Morgan fingerprint density at radius 3 is 2.67 bits per heavy atom. The molecule has 0 unspecified atom stereocenters. The summed E-state index contributed by atoms with van der Waals surface area (Å²) in [5.74, 6) is 0.525. The van der Waals surface area contributed by atoms with Gasteiger partial charge in [-0.1, -0.05) is 13.8 Å². The summed E-state index contributed by atoms with van der Waals surface area (Å²) >= 11 is 0. The van der Waals surface area contributed by atoms with Crippen LogP contribution in [-0.4, -0.2) is 24.1 Å². The van der Waals surface area contributed by atoms with Crippen molar-refractivity contribution in [3.63, 3.8) is 0 Å². The van der Waals surface area contributed by atoms with Crippen LogP contribution in [0.25, 0.3) is 0 Å². The predicted octanol–water partition coefficient (Wildman–Crippen LogP) is 2.12. The zero-order valence-electron chi connectivity index (χ0n) is 9.36. The molecule has 82 valence electrons. The molecule has 0 aromatic carbocycles. The van der Waals surface area contributed by atoms with Gasteiger partial charge in [-0.05, 0) is 24.2 Å². The van der Waals surface area contributed by atoms with Crippen LogP contribution in [0, 0.1) is 6.92 Å². The van der Waals surface area contributed by atoms with Crippen LogP contribution < -0.4 is 0 Å². The Balaban J connectivity index is 0.000000531. The molecule has 0 bridgehead atoms. The Kier molecular flexibility index (Phi) is 4.60. The fourth-order valence-corrected chi connectivity index (χ4v) is 1.14. The molecule has 1 aromatic rings. The zero-order valence-corrected chi connectivity index (χ0v) is 9.36. The molecule has 4 heteroatoms. The van der Waals surface area contributed by atoms with Crippen LogP contribution >= 0.6 is 0 Å². The average Bonchev–Trinajstić information content (AvgIpc) is 2.33. The highest BCUT2D eigenvalue weighted by molar-refractivity contribution is 5.94. The van der Waals surface area contributed by atoms with E-state index in [9.17, 15) is 0 Å². The van der Waals surface area contributed by atoms with Gasteiger partial charge in [0, 0.05) is 11.9 Å². The first kappa shape index (κ1) is 11.5. The Hall–Kier alpha value is -1.58. The first-order valence-electron chi connectivity index (χ1n) is 5.12. The standard InChI is InChI=1S/C9H10N2O2.C2H6/c1-7-8(3-2-4-10-7)9-11-13-6-5-12-9;1-2/h2-4H,5-6H2,1H3;1-2H3. The van der Waals surface area contributed by atoms with Crippen molar-refractivity contribution < 1.29 is 9.57 Å². The lowest BCUT2D eigenvalue weighted by molar-refractivity contribution is 0.0655. The van der Waals surface area contributed by atoms with E-state index < -0.39 is 0 Å². The molecule has 1 aliphatic rings. The maximum Gasteiger partial charge on any atom is 0.259 e. The maximum atomic E-state index is 5.33. The molecule has 0 spiro atoms. The van der Waals surface area contributed by atoms with Crippen LogP contribution in [0.2, 0.25) is 0 Å². The molecular weight excluding hydrogens is 192 g/mol. The van der Waals surface area contributed by atoms with Crippen LogP contribution in [0.15, 0.2) is 23.5 Å². The molecule has 0 saturated carbocycles. The van der Waals surface area contributed by atoms with E-state index in [2.05, 4.69) is 10.1 Å². The van der Waals surface area contributed by atoms with Crippen LogP contribution in [0.5, 0.6) is 0 Å². The van der Waals surface area contributed by atoms with Gasteiger partial charge in [0.05, 0.1) is 5.56 Å². The Morgan fingerprint density at radius 1 is 1.27 bits per heavy atom. The van der Waals surface area contributed by atoms with Crippen molar-refractivity contribution in [3.05, 3.63) is 29.6 Å². The minimum atomic E-state index is 0.517. The monoisotopic (exact) mass is 208 g/mol. The summed E-state index contributed by atoms with van der Waals surface area (Å²) < 4.78 is 5.33. The van der Waals surface area contributed by atoms with E-state index in [0.29, 0.717) is 19.1 Å². The fourth-order valence-electron chi connectivity index (χ4n) is 1.14. The number of rotatable bonds is 1. The third-order valence-corrected chi connectivity index (χ3v) is 1.80. The molecular formula is C11H16N2O2. The van der Waals surface area contributed by atoms with Gasteiger partial charge in [-0.3, -0.25) is 4.98 Å². The summed E-state index contributed by atoms with van der Waals surface area (Å²) in [4.78, 5) is 9.06. The van der Waals surface area contributed by atoms with Crippen molar-refractivity contribution in [2.45, 2.75) is 20.8 Å². The maximum absolute atomic E-state index is 5.33. The normalized spacial score (nSPS) is 13.9. The summed E-state index contributed by atoms with van der Waals surface area (Å²) in [7, 11) is 0. The summed E-state index contributed by atoms with van der Waals surface area (Å²) in [6.45, 7) is 6.98. The number of aryl methyl sites for hydroxylation is 1. The lowest BCUT2D eigenvalue weighted by Crippen LogP contribution is -2.18. The van der Waals surface area contributed by atoms with Crippen LogP contribution in [0.3, 0.4) is 0 Å². The molecule has 1 aromatic heterocycles. The summed E-state index contributed by atoms with van der Waals surface area (Å²) in [6, 6.07) is 3.76. The Labute approximate surface area is 89.9 Å². The molecule has 4 nitrogen and oxygen atoms in total. The van der Waals surface area contributed by atoms with Crippen molar-refractivity contribution in [1.82, 2.24) is 4.98 Å². The van der Waals surface area contributed by atoms with Gasteiger partial charge in [0.15, 0.2) is 6.61 Å². The molecule has 0 amide bonds. The van der Waals surface area contributed by atoms with E-state index in [4.69, 9.17) is 9.57 Å². The first-order valence-corrected chi connectivity index (χ1v) is 5.12. The number of ether oxygens (including phenoxy) is 1. The second kappa shape index (κ2) is 6.01. The molecule has 0 radical (unpaired) electrons. The summed E-state index contributed by atoms with van der Waals surface area (Å²) in [5, 5.41) is 3.81. The van der Waals surface area contributed by atoms with Gasteiger partial charge in [0.2, 0.25) is 0 Å². The predicted molar refractivity (Wildman–Crippen MR) is 58.8 cm³/mol. The third-order valence-electron chi connectivity index (χ3n) is 1.80. The van der Waals surface area contributed by atoms with Gasteiger partial charge in [-0.2, -0.15) is 0 Å².